The van der Waals surface area contributed by atoms with E-state index in [4.69, 9.17) is 4.74 Å². The summed E-state index contributed by atoms with van der Waals surface area (Å²) in [5, 5.41) is 3.26. The van der Waals surface area contributed by atoms with Gasteiger partial charge in [0.15, 0.2) is 0 Å². The smallest absolute Gasteiger partial charge is 0.340 e. The van der Waals surface area contributed by atoms with E-state index in [0.717, 1.165) is 18.9 Å². The Kier molecular flexibility index (Phi) is 6.03. The Morgan fingerprint density at radius 1 is 1.33 bits per heavy atom. The first-order chi connectivity index (χ1) is 10.2. The van der Waals surface area contributed by atoms with Gasteiger partial charge in [-0.1, -0.05) is 32.1 Å². The van der Waals surface area contributed by atoms with Gasteiger partial charge in [-0.25, -0.2) is 9.18 Å². The van der Waals surface area contributed by atoms with Crippen LogP contribution in [0.5, 0.6) is 0 Å². The van der Waals surface area contributed by atoms with Gasteiger partial charge in [0.1, 0.15) is 5.82 Å². The summed E-state index contributed by atoms with van der Waals surface area (Å²) in [6.07, 6.45) is 7.71. The SMILES string of the molecule is CCOC(=O)c1cc(F)ccc1NCCC1CCCCC1. The summed E-state index contributed by atoms with van der Waals surface area (Å²) in [4.78, 5) is 11.9. The van der Waals surface area contributed by atoms with Crippen LogP contribution in [-0.2, 0) is 4.74 Å². The highest BCUT2D eigenvalue weighted by atomic mass is 19.1. The third-order valence-corrected chi connectivity index (χ3v) is 4.07. The van der Waals surface area contributed by atoms with Crippen LogP contribution in [0.15, 0.2) is 18.2 Å². The number of anilines is 1. The molecule has 0 unspecified atom stereocenters. The Balaban J connectivity index is 1.93. The molecule has 1 saturated carbocycles. The fourth-order valence-electron chi connectivity index (χ4n) is 2.94. The van der Waals surface area contributed by atoms with Crippen LogP contribution in [-0.4, -0.2) is 19.1 Å². The van der Waals surface area contributed by atoms with Crippen molar-refractivity contribution in [3.8, 4) is 0 Å². The Morgan fingerprint density at radius 2 is 2.10 bits per heavy atom. The van der Waals surface area contributed by atoms with Gasteiger partial charge in [-0.3, -0.25) is 0 Å². The quantitative estimate of drug-likeness (QED) is 0.791. The monoisotopic (exact) mass is 293 g/mol. The van der Waals surface area contributed by atoms with Crippen LogP contribution < -0.4 is 5.32 Å². The number of rotatable bonds is 6. The summed E-state index contributed by atoms with van der Waals surface area (Å²) >= 11 is 0. The molecule has 1 aliphatic carbocycles. The molecule has 3 nitrogen and oxygen atoms in total. The van der Waals surface area contributed by atoms with Crippen molar-refractivity contribution in [3.05, 3.63) is 29.6 Å². The minimum atomic E-state index is -0.475. The number of hydrogen-bond acceptors (Lipinski definition) is 3. The molecule has 0 radical (unpaired) electrons. The Bertz CT molecular complexity index is 470. The first-order valence-electron chi connectivity index (χ1n) is 7.91. The number of halogens is 1. The van der Waals surface area contributed by atoms with Gasteiger partial charge in [-0.05, 0) is 37.5 Å². The van der Waals surface area contributed by atoms with Crippen LogP contribution in [0.3, 0.4) is 0 Å². The number of hydrogen-bond donors (Lipinski definition) is 1. The molecular weight excluding hydrogens is 269 g/mol. The summed E-state index contributed by atoms with van der Waals surface area (Å²) in [6, 6.07) is 4.22. The standard InChI is InChI=1S/C17H24FNO2/c1-2-21-17(20)15-12-14(18)8-9-16(15)19-11-10-13-6-4-3-5-7-13/h8-9,12-13,19H,2-7,10-11H2,1H3. The van der Waals surface area contributed by atoms with Crippen molar-refractivity contribution >= 4 is 11.7 Å². The molecule has 0 spiro atoms. The van der Waals surface area contributed by atoms with E-state index in [1.165, 1.54) is 44.2 Å². The first-order valence-corrected chi connectivity index (χ1v) is 7.91. The summed E-state index contributed by atoms with van der Waals surface area (Å²) in [7, 11) is 0. The molecule has 4 heteroatoms. The van der Waals surface area contributed by atoms with Crippen molar-refractivity contribution in [2.24, 2.45) is 5.92 Å². The molecule has 0 heterocycles. The lowest BCUT2D eigenvalue weighted by molar-refractivity contribution is 0.0527. The van der Waals surface area contributed by atoms with Crippen molar-refractivity contribution in [1.29, 1.82) is 0 Å². The highest BCUT2D eigenvalue weighted by Crippen LogP contribution is 2.26. The van der Waals surface area contributed by atoms with Gasteiger partial charge < -0.3 is 10.1 Å². The zero-order valence-electron chi connectivity index (χ0n) is 12.7. The molecule has 0 saturated heterocycles. The van der Waals surface area contributed by atoms with E-state index in [0.29, 0.717) is 5.69 Å². The highest BCUT2D eigenvalue weighted by Gasteiger charge is 2.15. The van der Waals surface area contributed by atoms with E-state index < -0.39 is 11.8 Å². The third-order valence-electron chi connectivity index (χ3n) is 4.07. The molecule has 1 fully saturated rings. The second kappa shape index (κ2) is 8.01. The molecule has 21 heavy (non-hydrogen) atoms. The van der Waals surface area contributed by atoms with Crippen molar-refractivity contribution in [3.63, 3.8) is 0 Å². The van der Waals surface area contributed by atoms with Crippen LogP contribution in [0.2, 0.25) is 0 Å². The van der Waals surface area contributed by atoms with Crippen molar-refractivity contribution in [2.75, 3.05) is 18.5 Å². The zero-order valence-corrected chi connectivity index (χ0v) is 12.7. The molecule has 1 aromatic rings. The lowest BCUT2D eigenvalue weighted by atomic mass is 9.87. The molecule has 0 amide bonds. The van der Waals surface area contributed by atoms with Gasteiger partial charge in [0, 0.05) is 12.2 Å². The average molecular weight is 293 g/mol. The molecule has 116 valence electrons. The van der Waals surface area contributed by atoms with E-state index in [1.54, 1.807) is 13.0 Å². The summed E-state index contributed by atoms with van der Waals surface area (Å²) in [5.74, 6) is -0.120. The lowest BCUT2D eigenvalue weighted by Crippen LogP contribution is -2.14. The molecular formula is C17H24FNO2. The number of nitrogens with one attached hydrogen (secondary N) is 1. The summed E-state index contributed by atoms with van der Waals surface area (Å²) < 4.78 is 18.3. The Hall–Kier alpha value is -1.58. The highest BCUT2D eigenvalue weighted by molar-refractivity contribution is 5.95. The van der Waals surface area contributed by atoms with E-state index in [2.05, 4.69) is 5.32 Å². The van der Waals surface area contributed by atoms with Crippen molar-refractivity contribution < 1.29 is 13.9 Å². The van der Waals surface area contributed by atoms with Crippen molar-refractivity contribution in [2.45, 2.75) is 45.4 Å². The van der Waals surface area contributed by atoms with Gasteiger partial charge in [0.25, 0.3) is 0 Å². The van der Waals surface area contributed by atoms with E-state index in [-0.39, 0.29) is 12.2 Å². The Morgan fingerprint density at radius 3 is 2.81 bits per heavy atom. The maximum Gasteiger partial charge on any atom is 0.340 e. The van der Waals surface area contributed by atoms with Crippen LogP contribution in [0, 0.1) is 11.7 Å². The lowest BCUT2D eigenvalue weighted by Gasteiger charge is -2.22. The van der Waals surface area contributed by atoms with Crippen LogP contribution >= 0.6 is 0 Å². The number of esters is 1. The minimum Gasteiger partial charge on any atom is -0.462 e. The maximum atomic E-state index is 13.3. The van der Waals surface area contributed by atoms with Crippen LogP contribution in [0.25, 0.3) is 0 Å². The molecule has 0 bridgehead atoms. The molecule has 0 aromatic heterocycles. The average Bonchev–Trinajstić information content (AvgIpc) is 2.50. The largest absolute Gasteiger partial charge is 0.462 e. The first kappa shape index (κ1) is 15.8. The number of benzene rings is 1. The molecule has 1 N–H and O–H groups in total. The fourth-order valence-corrected chi connectivity index (χ4v) is 2.94. The fraction of sp³-hybridized carbons (Fsp3) is 0.588. The number of ether oxygens (including phenoxy) is 1. The summed E-state index contributed by atoms with van der Waals surface area (Å²) in [5.41, 5.74) is 0.936. The van der Waals surface area contributed by atoms with Crippen LogP contribution in [0.1, 0.15) is 55.8 Å². The second-order valence-electron chi connectivity index (χ2n) is 5.63. The van der Waals surface area contributed by atoms with Gasteiger partial charge in [-0.2, -0.15) is 0 Å². The van der Waals surface area contributed by atoms with Gasteiger partial charge in [-0.15, -0.1) is 0 Å². The molecule has 0 aliphatic heterocycles. The van der Waals surface area contributed by atoms with Gasteiger partial charge in [0.2, 0.25) is 0 Å². The summed E-state index contributed by atoms with van der Waals surface area (Å²) in [6.45, 7) is 2.84. The predicted molar refractivity (Wildman–Crippen MR) is 82.0 cm³/mol. The van der Waals surface area contributed by atoms with Gasteiger partial charge >= 0.3 is 5.97 Å². The Labute approximate surface area is 125 Å². The van der Waals surface area contributed by atoms with E-state index >= 15 is 0 Å². The molecule has 0 atom stereocenters. The van der Waals surface area contributed by atoms with E-state index in [9.17, 15) is 9.18 Å². The molecule has 1 aromatic carbocycles. The number of carbonyl (C=O) groups excluding carboxylic acids is 1. The normalized spacial score (nSPS) is 15.7. The third kappa shape index (κ3) is 4.73. The molecule has 2 rings (SSSR count). The number of carbonyl (C=O) groups is 1. The zero-order chi connectivity index (χ0) is 15.1. The molecule has 1 aliphatic rings. The topological polar surface area (TPSA) is 38.3 Å². The predicted octanol–water partition coefficient (Wildman–Crippen LogP) is 4.38. The maximum absolute atomic E-state index is 13.3. The second-order valence-corrected chi connectivity index (χ2v) is 5.63. The van der Waals surface area contributed by atoms with Crippen LogP contribution in [0.4, 0.5) is 10.1 Å². The van der Waals surface area contributed by atoms with E-state index in [1.807, 2.05) is 0 Å². The van der Waals surface area contributed by atoms with Gasteiger partial charge in [0.05, 0.1) is 12.2 Å². The minimum absolute atomic E-state index is 0.278. The van der Waals surface area contributed by atoms with Crippen molar-refractivity contribution in [1.82, 2.24) is 0 Å².